The SMILES string of the molecule is OC/C=C/CCC(CO)(CO)Cc1ccccc1. The number of aliphatic hydroxyl groups is 3. The van der Waals surface area contributed by atoms with Crippen LogP contribution in [0.1, 0.15) is 18.4 Å². The van der Waals surface area contributed by atoms with Crippen LogP contribution >= 0.6 is 0 Å². The molecule has 3 heteroatoms. The molecule has 0 heterocycles. The van der Waals surface area contributed by atoms with Crippen LogP contribution in [-0.4, -0.2) is 35.1 Å². The molecule has 0 saturated heterocycles. The molecule has 0 aliphatic carbocycles. The normalized spacial score (nSPS) is 12.2. The Bertz CT molecular complexity index is 342. The standard InChI is InChI=1S/C15H22O3/c16-10-6-2-5-9-15(12-17,13-18)11-14-7-3-1-4-8-14/h1-4,6-8,16-18H,5,9-13H2/b6-2+. The molecular formula is C15H22O3. The second kappa shape index (κ2) is 8.03. The van der Waals surface area contributed by atoms with E-state index in [0.717, 1.165) is 12.0 Å². The van der Waals surface area contributed by atoms with E-state index in [1.54, 1.807) is 6.08 Å². The molecule has 0 bridgehead atoms. The Morgan fingerprint density at radius 1 is 0.944 bits per heavy atom. The lowest BCUT2D eigenvalue weighted by molar-refractivity contribution is 0.0480. The van der Waals surface area contributed by atoms with Crippen LogP contribution in [0, 0.1) is 5.41 Å². The van der Waals surface area contributed by atoms with Gasteiger partial charge in [-0.15, -0.1) is 0 Å². The van der Waals surface area contributed by atoms with Gasteiger partial charge in [-0.2, -0.15) is 0 Å². The third-order valence-corrected chi connectivity index (χ3v) is 3.21. The van der Waals surface area contributed by atoms with Crippen molar-refractivity contribution >= 4 is 0 Å². The monoisotopic (exact) mass is 250 g/mol. The lowest BCUT2D eigenvalue weighted by Crippen LogP contribution is -2.32. The molecule has 0 radical (unpaired) electrons. The van der Waals surface area contributed by atoms with Crippen LogP contribution < -0.4 is 0 Å². The van der Waals surface area contributed by atoms with Gasteiger partial charge in [-0.3, -0.25) is 0 Å². The first-order valence-corrected chi connectivity index (χ1v) is 6.28. The highest BCUT2D eigenvalue weighted by molar-refractivity contribution is 5.16. The van der Waals surface area contributed by atoms with Crippen molar-refractivity contribution in [3.63, 3.8) is 0 Å². The van der Waals surface area contributed by atoms with Crippen LogP contribution in [0.25, 0.3) is 0 Å². The van der Waals surface area contributed by atoms with E-state index in [2.05, 4.69) is 0 Å². The van der Waals surface area contributed by atoms with Crippen molar-refractivity contribution in [1.29, 1.82) is 0 Å². The molecular weight excluding hydrogens is 228 g/mol. The largest absolute Gasteiger partial charge is 0.396 e. The number of hydrogen-bond donors (Lipinski definition) is 3. The highest BCUT2D eigenvalue weighted by atomic mass is 16.3. The first kappa shape index (κ1) is 14.9. The molecule has 1 aromatic carbocycles. The quantitative estimate of drug-likeness (QED) is 0.613. The van der Waals surface area contributed by atoms with E-state index in [4.69, 9.17) is 5.11 Å². The summed E-state index contributed by atoms with van der Waals surface area (Å²) in [6, 6.07) is 9.88. The Labute approximate surface area is 108 Å². The number of benzene rings is 1. The zero-order chi connectivity index (χ0) is 13.3. The summed E-state index contributed by atoms with van der Waals surface area (Å²) in [4.78, 5) is 0. The lowest BCUT2D eigenvalue weighted by atomic mass is 9.79. The van der Waals surface area contributed by atoms with Gasteiger partial charge < -0.3 is 15.3 Å². The average Bonchev–Trinajstić information content (AvgIpc) is 2.43. The zero-order valence-corrected chi connectivity index (χ0v) is 10.6. The maximum Gasteiger partial charge on any atom is 0.0612 e. The van der Waals surface area contributed by atoms with E-state index in [1.807, 2.05) is 36.4 Å². The number of hydrogen-bond acceptors (Lipinski definition) is 3. The first-order valence-electron chi connectivity index (χ1n) is 6.28. The highest BCUT2D eigenvalue weighted by Gasteiger charge is 2.28. The summed E-state index contributed by atoms with van der Waals surface area (Å²) in [5.41, 5.74) is 0.632. The zero-order valence-electron chi connectivity index (χ0n) is 10.6. The second-order valence-corrected chi connectivity index (χ2v) is 4.67. The maximum atomic E-state index is 9.56. The number of aliphatic hydroxyl groups excluding tert-OH is 3. The molecule has 1 rings (SSSR count). The molecule has 0 unspecified atom stereocenters. The molecule has 0 atom stereocenters. The van der Waals surface area contributed by atoms with E-state index in [0.29, 0.717) is 12.8 Å². The van der Waals surface area contributed by atoms with Gasteiger partial charge >= 0.3 is 0 Å². The van der Waals surface area contributed by atoms with Gasteiger partial charge in [0, 0.05) is 5.41 Å². The highest BCUT2D eigenvalue weighted by Crippen LogP contribution is 2.28. The van der Waals surface area contributed by atoms with Gasteiger partial charge in [0.15, 0.2) is 0 Å². The number of rotatable bonds is 8. The van der Waals surface area contributed by atoms with Crippen molar-refractivity contribution in [2.75, 3.05) is 19.8 Å². The minimum Gasteiger partial charge on any atom is -0.396 e. The van der Waals surface area contributed by atoms with Crippen molar-refractivity contribution < 1.29 is 15.3 Å². The fraction of sp³-hybridized carbons (Fsp3) is 0.467. The van der Waals surface area contributed by atoms with Crippen molar-refractivity contribution in [2.24, 2.45) is 5.41 Å². The minimum atomic E-state index is -0.485. The van der Waals surface area contributed by atoms with Crippen molar-refractivity contribution in [1.82, 2.24) is 0 Å². The molecule has 0 saturated carbocycles. The molecule has 0 aromatic heterocycles. The summed E-state index contributed by atoms with van der Waals surface area (Å²) < 4.78 is 0. The second-order valence-electron chi connectivity index (χ2n) is 4.67. The maximum absolute atomic E-state index is 9.56. The Morgan fingerprint density at radius 2 is 1.61 bits per heavy atom. The predicted molar refractivity (Wildman–Crippen MR) is 72.2 cm³/mol. The van der Waals surface area contributed by atoms with Crippen molar-refractivity contribution in [3.05, 3.63) is 48.0 Å². The van der Waals surface area contributed by atoms with Gasteiger partial charge in [-0.1, -0.05) is 42.5 Å². The minimum absolute atomic E-state index is 0.0317. The smallest absolute Gasteiger partial charge is 0.0612 e. The van der Waals surface area contributed by atoms with Gasteiger partial charge in [0.05, 0.1) is 19.8 Å². The van der Waals surface area contributed by atoms with Gasteiger partial charge in [0.1, 0.15) is 0 Å². The molecule has 3 N–H and O–H groups in total. The van der Waals surface area contributed by atoms with Crippen LogP contribution in [0.5, 0.6) is 0 Å². The third kappa shape index (κ3) is 4.61. The Balaban J connectivity index is 2.64. The van der Waals surface area contributed by atoms with Crippen LogP contribution in [0.3, 0.4) is 0 Å². The van der Waals surface area contributed by atoms with E-state index in [-0.39, 0.29) is 19.8 Å². The van der Waals surface area contributed by atoms with E-state index in [9.17, 15) is 10.2 Å². The Morgan fingerprint density at radius 3 is 2.17 bits per heavy atom. The molecule has 0 fully saturated rings. The molecule has 0 aliphatic heterocycles. The predicted octanol–water partition coefficient (Wildman–Crippen LogP) is 1.53. The number of allylic oxidation sites excluding steroid dienone is 1. The summed E-state index contributed by atoms with van der Waals surface area (Å²) in [7, 11) is 0. The molecule has 18 heavy (non-hydrogen) atoms. The Kier molecular flexibility index (Phi) is 6.65. The molecule has 100 valence electrons. The summed E-state index contributed by atoms with van der Waals surface area (Å²) in [5.74, 6) is 0. The van der Waals surface area contributed by atoms with Crippen molar-refractivity contribution in [3.8, 4) is 0 Å². The first-order chi connectivity index (χ1) is 8.76. The van der Waals surface area contributed by atoms with Gasteiger partial charge in [0.25, 0.3) is 0 Å². The van der Waals surface area contributed by atoms with Crippen LogP contribution in [0.2, 0.25) is 0 Å². The summed E-state index contributed by atoms with van der Waals surface area (Å²) in [6.45, 7) is -0.0410. The lowest BCUT2D eigenvalue weighted by Gasteiger charge is -2.29. The summed E-state index contributed by atoms with van der Waals surface area (Å²) in [5, 5.41) is 27.8. The third-order valence-electron chi connectivity index (χ3n) is 3.21. The fourth-order valence-electron chi connectivity index (χ4n) is 2.02. The van der Waals surface area contributed by atoms with Crippen LogP contribution in [0.15, 0.2) is 42.5 Å². The molecule has 1 aromatic rings. The van der Waals surface area contributed by atoms with Gasteiger partial charge in [-0.25, -0.2) is 0 Å². The molecule has 0 aliphatic rings. The van der Waals surface area contributed by atoms with Crippen LogP contribution in [-0.2, 0) is 6.42 Å². The van der Waals surface area contributed by atoms with Gasteiger partial charge in [-0.05, 0) is 24.8 Å². The van der Waals surface area contributed by atoms with E-state index >= 15 is 0 Å². The molecule has 3 nitrogen and oxygen atoms in total. The summed E-state index contributed by atoms with van der Waals surface area (Å²) in [6.07, 6.45) is 5.67. The fourth-order valence-corrected chi connectivity index (χ4v) is 2.02. The van der Waals surface area contributed by atoms with Gasteiger partial charge in [0.2, 0.25) is 0 Å². The van der Waals surface area contributed by atoms with Crippen molar-refractivity contribution in [2.45, 2.75) is 19.3 Å². The van der Waals surface area contributed by atoms with E-state index < -0.39 is 5.41 Å². The molecule has 0 spiro atoms. The topological polar surface area (TPSA) is 60.7 Å². The molecule has 0 amide bonds. The van der Waals surface area contributed by atoms with Crippen LogP contribution in [0.4, 0.5) is 0 Å². The average molecular weight is 250 g/mol. The summed E-state index contributed by atoms with van der Waals surface area (Å²) >= 11 is 0. The van der Waals surface area contributed by atoms with E-state index in [1.165, 1.54) is 0 Å². The Hall–Kier alpha value is -1.16.